The van der Waals surface area contributed by atoms with Gasteiger partial charge in [0.15, 0.2) is 0 Å². The zero-order valence-electron chi connectivity index (χ0n) is 24.5. The van der Waals surface area contributed by atoms with Crippen molar-refractivity contribution in [2.75, 3.05) is 11.9 Å². The molecule has 1 spiro atoms. The number of aliphatic carboxylic acids is 1. The van der Waals surface area contributed by atoms with Gasteiger partial charge in [0.2, 0.25) is 0 Å². The first-order chi connectivity index (χ1) is 20.2. The van der Waals surface area contributed by atoms with Crippen LogP contribution in [-0.2, 0) is 16.6 Å². The Labute approximate surface area is 253 Å². The SMILES string of the molecule is C[C@@H](COc1ccnc2c1[C@@H](C)CC[C@@H]2O)CC1Cc2ccccc2C12CCC(Nc1cccc(Cl)c1)(C(=O)O)CC2. The molecule has 2 aromatic carbocycles. The Bertz CT molecular complexity index is 1450. The number of aromatic nitrogens is 1. The first kappa shape index (κ1) is 29.0. The number of carboxylic acids is 1. The number of halogens is 1. The van der Waals surface area contributed by atoms with Crippen LogP contribution < -0.4 is 10.1 Å². The topological polar surface area (TPSA) is 91.7 Å². The van der Waals surface area contributed by atoms with Gasteiger partial charge in [0, 0.05) is 22.5 Å². The van der Waals surface area contributed by atoms with E-state index >= 15 is 0 Å². The number of nitrogens with one attached hydrogen (secondary N) is 1. The molecule has 1 heterocycles. The molecule has 222 valence electrons. The molecule has 3 aromatic rings. The van der Waals surface area contributed by atoms with Crippen LogP contribution in [0.1, 0.15) is 93.2 Å². The monoisotopic (exact) mass is 588 g/mol. The number of pyridine rings is 1. The largest absolute Gasteiger partial charge is 0.493 e. The third kappa shape index (κ3) is 5.28. The van der Waals surface area contributed by atoms with Crippen molar-refractivity contribution in [3.63, 3.8) is 0 Å². The molecule has 7 heteroatoms. The third-order valence-corrected chi connectivity index (χ3v) is 10.5. The molecule has 6 nitrogen and oxygen atoms in total. The second-order valence-electron chi connectivity index (χ2n) is 13.0. The highest BCUT2D eigenvalue weighted by molar-refractivity contribution is 6.30. The van der Waals surface area contributed by atoms with Gasteiger partial charge >= 0.3 is 5.97 Å². The summed E-state index contributed by atoms with van der Waals surface area (Å²) >= 11 is 6.21. The Kier molecular flexibility index (Phi) is 7.97. The molecular weight excluding hydrogens is 548 g/mol. The fourth-order valence-corrected chi connectivity index (χ4v) is 8.23. The van der Waals surface area contributed by atoms with Crippen LogP contribution in [-0.4, -0.2) is 33.3 Å². The Morgan fingerprint density at radius 3 is 2.67 bits per heavy atom. The lowest BCUT2D eigenvalue weighted by Crippen LogP contribution is -2.53. The molecule has 3 aliphatic rings. The van der Waals surface area contributed by atoms with Gasteiger partial charge in [0.1, 0.15) is 11.3 Å². The number of benzene rings is 2. The molecule has 3 N–H and O–H groups in total. The molecule has 1 fully saturated rings. The van der Waals surface area contributed by atoms with E-state index < -0.39 is 17.6 Å². The number of rotatable bonds is 8. The molecule has 0 radical (unpaired) electrons. The predicted molar refractivity (Wildman–Crippen MR) is 165 cm³/mol. The number of hydrogen-bond donors (Lipinski definition) is 3. The zero-order chi connectivity index (χ0) is 29.5. The molecule has 1 unspecified atom stereocenters. The van der Waals surface area contributed by atoms with E-state index in [1.54, 1.807) is 18.3 Å². The minimum Gasteiger partial charge on any atom is -0.493 e. The fraction of sp³-hybridized carbons (Fsp3) is 0.486. The Morgan fingerprint density at radius 1 is 1.12 bits per heavy atom. The van der Waals surface area contributed by atoms with E-state index in [4.69, 9.17) is 16.3 Å². The van der Waals surface area contributed by atoms with Crippen molar-refractivity contribution in [2.24, 2.45) is 11.8 Å². The summed E-state index contributed by atoms with van der Waals surface area (Å²) in [7, 11) is 0. The van der Waals surface area contributed by atoms with Crippen molar-refractivity contribution in [1.82, 2.24) is 4.98 Å². The molecule has 1 saturated carbocycles. The first-order valence-electron chi connectivity index (χ1n) is 15.4. The van der Waals surface area contributed by atoms with Crippen LogP contribution in [0.4, 0.5) is 5.69 Å². The van der Waals surface area contributed by atoms with Gasteiger partial charge in [-0.15, -0.1) is 0 Å². The lowest BCUT2D eigenvalue weighted by molar-refractivity contribution is -0.144. The van der Waals surface area contributed by atoms with Crippen molar-refractivity contribution < 1.29 is 19.7 Å². The van der Waals surface area contributed by atoms with Gasteiger partial charge in [-0.05, 0) is 110 Å². The van der Waals surface area contributed by atoms with E-state index in [-0.39, 0.29) is 5.41 Å². The van der Waals surface area contributed by atoms with Gasteiger partial charge in [-0.2, -0.15) is 0 Å². The molecule has 0 saturated heterocycles. The van der Waals surface area contributed by atoms with Crippen molar-refractivity contribution in [2.45, 2.75) is 88.2 Å². The minimum absolute atomic E-state index is 0.0473. The van der Waals surface area contributed by atoms with Gasteiger partial charge in [-0.3, -0.25) is 4.98 Å². The van der Waals surface area contributed by atoms with E-state index in [0.717, 1.165) is 61.2 Å². The van der Waals surface area contributed by atoms with E-state index in [1.807, 2.05) is 18.2 Å². The molecule has 6 rings (SSSR count). The van der Waals surface area contributed by atoms with Crippen LogP contribution in [0, 0.1) is 11.8 Å². The number of aliphatic hydroxyl groups excluding tert-OH is 1. The lowest BCUT2D eigenvalue weighted by atomic mass is 9.59. The Hall–Kier alpha value is -3.09. The summed E-state index contributed by atoms with van der Waals surface area (Å²) in [5.41, 5.74) is 4.29. The second-order valence-corrected chi connectivity index (χ2v) is 13.4. The van der Waals surface area contributed by atoms with Crippen molar-refractivity contribution in [1.29, 1.82) is 0 Å². The summed E-state index contributed by atoms with van der Waals surface area (Å²) in [4.78, 5) is 17.2. The predicted octanol–water partition coefficient (Wildman–Crippen LogP) is 7.69. The quantitative estimate of drug-likeness (QED) is 0.250. The van der Waals surface area contributed by atoms with Gasteiger partial charge < -0.3 is 20.3 Å². The van der Waals surface area contributed by atoms with Crippen LogP contribution in [0.5, 0.6) is 5.75 Å². The van der Waals surface area contributed by atoms with E-state index in [9.17, 15) is 15.0 Å². The molecular formula is C35H41ClN2O4. The van der Waals surface area contributed by atoms with Crippen molar-refractivity contribution >= 4 is 23.3 Å². The van der Waals surface area contributed by atoms with E-state index in [1.165, 1.54) is 11.1 Å². The highest BCUT2D eigenvalue weighted by Gasteiger charge is 2.54. The van der Waals surface area contributed by atoms with Crippen molar-refractivity contribution in [3.8, 4) is 5.75 Å². The number of carbonyl (C=O) groups is 1. The normalized spacial score (nSPS) is 29.0. The van der Waals surface area contributed by atoms with Crippen molar-refractivity contribution in [3.05, 3.63) is 88.2 Å². The zero-order valence-corrected chi connectivity index (χ0v) is 25.2. The van der Waals surface area contributed by atoms with Crippen LogP contribution in [0.2, 0.25) is 5.02 Å². The average Bonchev–Trinajstić information content (AvgIpc) is 3.27. The highest BCUT2D eigenvalue weighted by atomic mass is 35.5. The summed E-state index contributed by atoms with van der Waals surface area (Å²) in [6.07, 6.45) is 7.63. The number of hydrogen-bond acceptors (Lipinski definition) is 5. The van der Waals surface area contributed by atoms with Crippen LogP contribution in [0.3, 0.4) is 0 Å². The Morgan fingerprint density at radius 2 is 1.90 bits per heavy atom. The maximum Gasteiger partial charge on any atom is 0.329 e. The van der Waals surface area contributed by atoms with Gasteiger partial charge in [0.05, 0.1) is 18.4 Å². The summed E-state index contributed by atoms with van der Waals surface area (Å²) < 4.78 is 6.44. The summed E-state index contributed by atoms with van der Waals surface area (Å²) in [6, 6.07) is 18.0. The molecule has 0 aliphatic heterocycles. The molecule has 1 aromatic heterocycles. The van der Waals surface area contributed by atoms with Crippen LogP contribution in [0.25, 0.3) is 0 Å². The molecule has 0 amide bonds. The number of aliphatic hydroxyl groups is 1. The number of anilines is 1. The molecule has 42 heavy (non-hydrogen) atoms. The third-order valence-electron chi connectivity index (χ3n) is 10.3. The average molecular weight is 589 g/mol. The van der Waals surface area contributed by atoms with E-state index in [2.05, 4.69) is 48.4 Å². The van der Waals surface area contributed by atoms with Gasteiger partial charge in [-0.25, -0.2) is 4.79 Å². The minimum atomic E-state index is -1.02. The maximum atomic E-state index is 12.7. The van der Waals surface area contributed by atoms with Gasteiger partial charge in [-0.1, -0.05) is 55.8 Å². The first-order valence-corrected chi connectivity index (χ1v) is 15.7. The highest BCUT2D eigenvalue weighted by Crippen LogP contribution is 2.56. The van der Waals surface area contributed by atoms with Crippen LogP contribution in [0.15, 0.2) is 60.8 Å². The van der Waals surface area contributed by atoms with E-state index in [0.29, 0.717) is 42.2 Å². The maximum absolute atomic E-state index is 12.7. The molecule has 4 atom stereocenters. The molecule has 3 aliphatic carbocycles. The summed E-state index contributed by atoms with van der Waals surface area (Å²) in [5.74, 6) is 1.08. The smallest absolute Gasteiger partial charge is 0.329 e. The number of ether oxygens (including phenoxy) is 1. The summed E-state index contributed by atoms with van der Waals surface area (Å²) in [5, 5.41) is 24.9. The summed E-state index contributed by atoms with van der Waals surface area (Å²) in [6.45, 7) is 5.04. The number of nitrogens with zero attached hydrogens (tertiary/aromatic N) is 1. The standard InChI is InChI=1S/C35H41ClN2O4/c1-22(21-42-30-12-17-37-32-29(39)11-10-23(2)31(30)32)18-25-19-24-6-3-4-9-28(24)34(25)13-15-35(16-14-34,33(40)41)38-27-8-5-7-26(36)20-27/h3-9,12,17,20,22-23,25,29,38-39H,10-11,13-16,18-19,21H2,1-2H3,(H,40,41)/t22-,23+,25?,29+,34?,35?/m1/s1. The number of fused-ring (bicyclic) bond motifs is 3. The molecule has 0 bridgehead atoms. The number of carboxylic acid groups (broad SMARTS) is 1. The Balaban J connectivity index is 1.19. The fourth-order valence-electron chi connectivity index (χ4n) is 8.04. The van der Waals surface area contributed by atoms with Crippen LogP contribution >= 0.6 is 11.6 Å². The lowest BCUT2D eigenvalue weighted by Gasteiger charge is -2.47. The van der Waals surface area contributed by atoms with Gasteiger partial charge in [0.25, 0.3) is 0 Å². The second kappa shape index (κ2) is 11.5.